The van der Waals surface area contributed by atoms with Gasteiger partial charge < -0.3 is 11.1 Å². The van der Waals surface area contributed by atoms with Crippen molar-refractivity contribution in [1.29, 1.82) is 0 Å². The summed E-state index contributed by atoms with van der Waals surface area (Å²) in [6.07, 6.45) is 1.56. The molecule has 0 bridgehead atoms. The van der Waals surface area contributed by atoms with Gasteiger partial charge in [-0.05, 0) is 6.92 Å². The molecule has 0 radical (unpaired) electrons. The number of hydrogen-bond donors (Lipinski definition) is 3. The van der Waals surface area contributed by atoms with Gasteiger partial charge in [0.1, 0.15) is 6.33 Å². The summed E-state index contributed by atoms with van der Waals surface area (Å²) >= 11 is 0. The molecule has 0 aliphatic rings. The number of nitrogen functional groups attached to an aromatic ring is 1. The van der Waals surface area contributed by atoms with Crippen molar-refractivity contribution >= 4 is 11.6 Å². The summed E-state index contributed by atoms with van der Waals surface area (Å²) in [6, 6.07) is 0. The van der Waals surface area contributed by atoms with Crippen molar-refractivity contribution in [2.75, 3.05) is 5.73 Å². The zero-order valence-corrected chi connectivity index (χ0v) is 9.56. The van der Waals surface area contributed by atoms with Gasteiger partial charge in [-0.1, -0.05) is 0 Å². The number of rotatable bonds is 3. The minimum absolute atomic E-state index is 0.193. The van der Waals surface area contributed by atoms with Crippen LogP contribution in [0.1, 0.15) is 22.0 Å². The molecule has 1 amide bonds. The average Bonchev–Trinajstić information content (AvgIpc) is 2.84. The van der Waals surface area contributed by atoms with Gasteiger partial charge in [-0.25, -0.2) is 4.98 Å². The number of aryl methyl sites for hydroxylation is 2. The second-order valence-corrected chi connectivity index (χ2v) is 3.63. The van der Waals surface area contributed by atoms with E-state index in [1.54, 1.807) is 25.0 Å². The molecule has 2 aromatic heterocycles. The van der Waals surface area contributed by atoms with Crippen LogP contribution in [0.25, 0.3) is 0 Å². The first kappa shape index (κ1) is 11.1. The van der Waals surface area contributed by atoms with Gasteiger partial charge in [0, 0.05) is 7.05 Å². The quantitative estimate of drug-likeness (QED) is 0.654. The lowest BCUT2D eigenvalue weighted by atomic mass is 10.3. The number of carbonyl (C=O) groups excluding carboxylic acids is 1. The third-order valence-electron chi connectivity index (χ3n) is 2.26. The van der Waals surface area contributed by atoms with Gasteiger partial charge in [0.15, 0.2) is 11.5 Å². The van der Waals surface area contributed by atoms with Crippen molar-refractivity contribution in [3.05, 3.63) is 23.5 Å². The Bertz CT molecular complexity index is 541. The van der Waals surface area contributed by atoms with E-state index < -0.39 is 0 Å². The van der Waals surface area contributed by atoms with E-state index in [4.69, 9.17) is 5.73 Å². The highest BCUT2D eigenvalue weighted by molar-refractivity contribution is 5.97. The lowest BCUT2D eigenvalue weighted by Gasteiger charge is -2.00. The molecule has 0 saturated heterocycles. The van der Waals surface area contributed by atoms with Gasteiger partial charge in [-0.3, -0.25) is 14.6 Å². The molecule has 2 aromatic rings. The Morgan fingerprint density at radius 2 is 2.41 bits per heavy atom. The topological polar surface area (TPSA) is 115 Å². The Morgan fingerprint density at radius 1 is 1.65 bits per heavy atom. The molecule has 0 unspecified atom stereocenters. The van der Waals surface area contributed by atoms with Crippen LogP contribution < -0.4 is 11.1 Å². The molecule has 8 nitrogen and oxygen atoms in total. The van der Waals surface area contributed by atoms with Crippen molar-refractivity contribution in [3.8, 4) is 0 Å². The lowest BCUT2D eigenvalue weighted by Crippen LogP contribution is -2.24. The maximum absolute atomic E-state index is 11.7. The number of aromatic nitrogens is 5. The number of H-pyrrole nitrogens is 1. The van der Waals surface area contributed by atoms with E-state index in [9.17, 15) is 4.79 Å². The first-order chi connectivity index (χ1) is 8.08. The maximum atomic E-state index is 11.7. The normalized spacial score (nSPS) is 10.5. The summed E-state index contributed by atoms with van der Waals surface area (Å²) in [5.74, 6) is 0.186. The van der Waals surface area contributed by atoms with Crippen LogP contribution in [0.5, 0.6) is 0 Å². The molecule has 2 rings (SSSR count). The standard InChI is InChI=1S/C9H13N7O/c1-5-7(10)8(14-13-5)9(17)11-3-6-12-4-16(2)15-6/h4H,3,10H2,1-2H3,(H,11,17)(H,13,14). The second-order valence-electron chi connectivity index (χ2n) is 3.63. The first-order valence-electron chi connectivity index (χ1n) is 5.01. The zero-order chi connectivity index (χ0) is 12.4. The predicted octanol–water partition coefficient (Wildman–Crippen LogP) is -0.641. The van der Waals surface area contributed by atoms with Crippen molar-refractivity contribution in [2.45, 2.75) is 13.5 Å². The molecule has 0 aliphatic heterocycles. The van der Waals surface area contributed by atoms with Crippen molar-refractivity contribution in [2.24, 2.45) is 7.05 Å². The van der Waals surface area contributed by atoms with Gasteiger partial charge in [0.05, 0.1) is 17.9 Å². The summed E-state index contributed by atoms with van der Waals surface area (Å²) < 4.78 is 1.56. The molecule has 90 valence electrons. The zero-order valence-electron chi connectivity index (χ0n) is 9.56. The van der Waals surface area contributed by atoms with Crippen LogP contribution in [0.15, 0.2) is 6.33 Å². The van der Waals surface area contributed by atoms with Gasteiger partial charge in [0.2, 0.25) is 0 Å². The molecular formula is C9H13N7O. The maximum Gasteiger partial charge on any atom is 0.274 e. The second kappa shape index (κ2) is 4.24. The number of anilines is 1. The van der Waals surface area contributed by atoms with Gasteiger partial charge in [0.25, 0.3) is 5.91 Å². The molecule has 0 fully saturated rings. The van der Waals surface area contributed by atoms with E-state index >= 15 is 0 Å². The van der Waals surface area contributed by atoms with Crippen LogP contribution in [0, 0.1) is 6.92 Å². The van der Waals surface area contributed by atoms with Crippen molar-refractivity contribution < 1.29 is 4.79 Å². The van der Waals surface area contributed by atoms with Gasteiger partial charge in [-0.2, -0.15) is 10.2 Å². The van der Waals surface area contributed by atoms with Crippen LogP contribution in [0.2, 0.25) is 0 Å². The van der Waals surface area contributed by atoms with Crippen molar-refractivity contribution in [1.82, 2.24) is 30.3 Å². The first-order valence-corrected chi connectivity index (χ1v) is 5.01. The highest BCUT2D eigenvalue weighted by atomic mass is 16.1. The van der Waals surface area contributed by atoms with Crippen LogP contribution in [-0.2, 0) is 13.6 Å². The fourth-order valence-corrected chi connectivity index (χ4v) is 1.32. The number of nitrogens with zero attached hydrogens (tertiary/aromatic N) is 4. The fourth-order valence-electron chi connectivity index (χ4n) is 1.32. The molecule has 0 aromatic carbocycles. The molecule has 0 saturated carbocycles. The Hall–Kier alpha value is -2.38. The third kappa shape index (κ3) is 2.25. The number of aromatic amines is 1. The lowest BCUT2D eigenvalue weighted by molar-refractivity contribution is 0.0945. The molecule has 4 N–H and O–H groups in total. The van der Waals surface area contributed by atoms with E-state index in [1.165, 1.54) is 0 Å². The minimum atomic E-state index is -0.348. The van der Waals surface area contributed by atoms with Crippen LogP contribution >= 0.6 is 0 Å². The van der Waals surface area contributed by atoms with Crippen LogP contribution in [-0.4, -0.2) is 30.9 Å². The van der Waals surface area contributed by atoms with E-state index in [-0.39, 0.29) is 18.1 Å². The molecule has 0 atom stereocenters. The van der Waals surface area contributed by atoms with E-state index in [0.717, 1.165) is 0 Å². The van der Waals surface area contributed by atoms with Gasteiger partial charge >= 0.3 is 0 Å². The Labute approximate surface area is 97.2 Å². The molecular weight excluding hydrogens is 222 g/mol. The number of nitrogens with two attached hydrogens (primary N) is 1. The summed E-state index contributed by atoms with van der Waals surface area (Å²) in [6.45, 7) is 1.99. The molecule has 8 heteroatoms. The summed E-state index contributed by atoms with van der Waals surface area (Å²) in [7, 11) is 1.76. The monoisotopic (exact) mass is 235 g/mol. The minimum Gasteiger partial charge on any atom is -0.395 e. The highest BCUT2D eigenvalue weighted by Crippen LogP contribution is 2.11. The Morgan fingerprint density at radius 3 is 2.94 bits per heavy atom. The Kier molecular flexibility index (Phi) is 2.77. The summed E-state index contributed by atoms with van der Waals surface area (Å²) in [5, 5.41) is 13.2. The highest BCUT2D eigenvalue weighted by Gasteiger charge is 2.15. The molecule has 0 spiro atoms. The smallest absolute Gasteiger partial charge is 0.274 e. The van der Waals surface area contributed by atoms with E-state index in [2.05, 4.69) is 25.6 Å². The number of amides is 1. The van der Waals surface area contributed by atoms with E-state index in [1.807, 2.05) is 0 Å². The largest absolute Gasteiger partial charge is 0.395 e. The SMILES string of the molecule is Cc1[nH]nc(C(=O)NCc2ncn(C)n2)c1N. The number of hydrogen-bond acceptors (Lipinski definition) is 5. The molecule has 0 aliphatic carbocycles. The number of nitrogens with one attached hydrogen (secondary N) is 2. The van der Waals surface area contributed by atoms with Gasteiger partial charge in [-0.15, -0.1) is 0 Å². The number of carbonyl (C=O) groups is 1. The average molecular weight is 235 g/mol. The van der Waals surface area contributed by atoms with E-state index in [0.29, 0.717) is 17.2 Å². The third-order valence-corrected chi connectivity index (χ3v) is 2.26. The van der Waals surface area contributed by atoms with Crippen LogP contribution in [0.4, 0.5) is 5.69 Å². The fraction of sp³-hybridized carbons (Fsp3) is 0.333. The van der Waals surface area contributed by atoms with Crippen LogP contribution in [0.3, 0.4) is 0 Å². The Balaban J connectivity index is 2.00. The van der Waals surface area contributed by atoms with Crippen molar-refractivity contribution in [3.63, 3.8) is 0 Å². The molecule has 17 heavy (non-hydrogen) atoms. The summed E-state index contributed by atoms with van der Waals surface area (Å²) in [4.78, 5) is 15.7. The summed E-state index contributed by atoms with van der Waals surface area (Å²) in [5.41, 5.74) is 6.91. The predicted molar refractivity (Wildman–Crippen MR) is 59.9 cm³/mol. The molecule has 2 heterocycles.